The van der Waals surface area contributed by atoms with Crippen molar-refractivity contribution in [3.8, 4) is 0 Å². The van der Waals surface area contributed by atoms with Gasteiger partial charge in [0.05, 0.1) is 5.76 Å². The topological polar surface area (TPSA) is 9.23 Å². The maximum absolute atomic E-state index is 11.2. The molecule has 0 saturated carbocycles. The molecule has 1 nitrogen and oxygen atoms in total. The number of halogens is 2. The van der Waals surface area contributed by atoms with Gasteiger partial charge in [-0.15, -0.1) is 0 Å². The highest BCUT2D eigenvalue weighted by Gasteiger charge is 1.99. The summed E-state index contributed by atoms with van der Waals surface area (Å²) in [4.78, 5) is 0. The van der Waals surface area contributed by atoms with E-state index in [1.165, 1.54) is 13.0 Å². The van der Waals surface area contributed by atoms with E-state index in [9.17, 15) is 8.78 Å². The highest BCUT2D eigenvalue weighted by molar-refractivity contribution is 4.83. The van der Waals surface area contributed by atoms with Gasteiger partial charge in [0.25, 0.3) is 0 Å². The van der Waals surface area contributed by atoms with Gasteiger partial charge in [0.1, 0.15) is 0 Å². The molecule has 0 aliphatic heterocycles. The van der Waals surface area contributed by atoms with Gasteiger partial charge in [-0.3, -0.25) is 0 Å². The van der Waals surface area contributed by atoms with Gasteiger partial charge in [-0.05, 0) is 19.9 Å². The fourth-order valence-electron chi connectivity index (χ4n) is 0.209. The molecule has 0 aliphatic rings. The minimum atomic E-state index is -2.69. The molecular weight excluding hydrogens is 114 g/mol. The molecule has 0 atom stereocenters. The first-order chi connectivity index (χ1) is 3.66. The van der Waals surface area contributed by atoms with Crippen LogP contribution < -0.4 is 0 Å². The predicted octanol–water partition coefficient (Wildman–Crippen LogP) is 2.15. The first-order valence-corrected chi connectivity index (χ1v) is 2.24. The van der Waals surface area contributed by atoms with Crippen LogP contribution in [0.5, 0.6) is 0 Å². The second kappa shape index (κ2) is 3.41. The molecule has 0 amide bonds. The van der Waals surface area contributed by atoms with Crippen molar-refractivity contribution in [2.75, 3.05) is 0 Å². The molecule has 0 spiro atoms. The molecule has 0 saturated heterocycles. The van der Waals surface area contributed by atoms with E-state index >= 15 is 0 Å². The van der Waals surface area contributed by atoms with Crippen molar-refractivity contribution < 1.29 is 13.5 Å². The van der Waals surface area contributed by atoms with E-state index in [1.807, 2.05) is 0 Å². The van der Waals surface area contributed by atoms with E-state index < -0.39 is 6.61 Å². The van der Waals surface area contributed by atoms with Gasteiger partial charge in [-0.1, -0.05) is 0 Å². The predicted molar refractivity (Wildman–Crippen MR) is 26.5 cm³/mol. The lowest BCUT2D eigenvalue weighted by molar-refractivity contribution is -0.0955. The molecule has 0 aromatic rings. The van der Waals surface area contributed by atoms with E-state index in [2.05, 4.69) is 4.74 Å². The van der Waals surface area contributed by atoms with E-state index in [0.717, 1.165) is 0 Å². The second-order valence-electron chi connectivity index (χ2n) is 1.28. The highest BCUT2D eigenvalue weighted by Crippen LogP contribution is 2.02. The zero-order valence-corrected chi connectivity index (χ0v) is 4.82. The molecule has 0 radical (unpaired) electrons. The molecule has 0 aromatic carbocycles. The normalized spacial score (nSPS) is 12.4. The minimum absolute atomic E-state index is 0.250. The molecule has 0 heterocycles. The van der Waals surface area contributed by atoms with Crippen LogP contribution in [0.2, 0.25) is 0 Å². The summed E-state index contributed by atoms with van der Waals surface area (Å²) in [5, 5.41) is 0. The Kier molecular flexibility index (Phi) is 3.15. The summed E-state index contributed by atoms with van der Waals surface area (Å²) >= 11 is 0. The zero-order valence-electron chi connectivity index (χ0n) is 4.82. The average molecular weight is 122 g/mol. The van der Waals surface area contributed by atoms with Gasteiger partial charge in [-0.2, -0.15) is 8.78 Å². The molecule has 0 aliphatic carbocycles. The third kappa shape index (κ3) is 3.59. The molecular formula is C5H8F2O. The van der Waals surface area contributed by atoms with E-state index in [4.69, 9.17) is 0 Å². The Morgan fingerprint density at radius 1 is 1.62 bits per heavy atom. The van der Waals surface area contributed by atoms with Crippen molar-refractivity contribution >= 4 is 0 Å². The smallest absolute Gasteiger partial charge is 0.387 e. The van der Waals surface area contributed by atoms with Crippen molar-refractivity contribution in [1.82, 2.24) is 0 Å². The van der Waals surface area contributed by atoms with Crippen LogP contribution in [0, 0.1) is 0 Å². The maximum Gasteiger partial charge on any atom is 0.387 e. The Morgan fingerprint density at radius 2 is 2.12 bits per heavy atom. The zero-order chi connectivity index (χ0) is 6.57. The lowest BCUT2D eigenvalue weighted by Crippen LogP contribution is -1.94. The Balaban J connectivity index is 3.39. The SMILES string of the molecule is C/C=C(\C)OC(F)F. The lowest BCUT2D eigenvalue weighted by atomic mass is 10.5. The van der Waals surface area contributed by atoms with Crippen molar-refractivity contribution in [1.29, 1.82) is 0 Å². The number of hydrogen-bond acceptors (Lipinski definition) is 1. The molecule has 48 valence electrons. The third-order valence-electron chi connectivity index (χ3n) is 0.682. The molecule has 0 N–H and O–H groups in total. The lowest BCUT2D eigenvalue weighted by Gasteiger charge is -2.00. The Labute approximate surface area is 47.0 Å². The molecule has 0 fully saturated rings. The summed E-state index contributed by atoms with van der Waals surface area (Å²) < 4.78 is 26.3. The first-order valence-electron chi connectivity index (χ1n) is 2.24. The highest BCUT2D eigenvalue weighted by atomic mass is 19.3. The molecule has 0 rings (SSSR count). The number of allylic oxidation sites excluding steroid dienone is 2. The van der Waals surface area contributed by atoms with Crippen molar-refractivity contribution in [3.63, 3.8) is 0 Å². The molecule has 3 heteroatoms. The summed E-state index contributed by atoms with van der Waals surface area (Å²) in [6.07, 6.45) is 1.48. The summed E-state index contributed by atoms with van der Waals surface area (Å²) in [6, 6.07) is 0. The van der Waals surface area contributed by atoms with Crippen LogP contribution in [0.3, 0.4) is 0 Å². The van der Waals surface area contributed by atoms with Crippen LogP contribution in [0.25, 0.3) is 0 Å². The van der Waals surface area contributed by atoms with Crippen molar-refractivity contribution in [2.45, 2.75) is 20.5 Å². The van der Waals surface area contributed by atoms with Crippen LogP contribution in [0.15, 0.2) is 11.8 Å². The van der Waals surface area contributed by atoms with Gasteiger partial charge >= 0.3 is 6.61 Å². The van der Waals surface area contributed by atoms with Gasteiger partial charge in [0.2, 0.25) is 0 Å². The number of alkyl halides is 2. The minimum Gasteiger partial charge on any atom is -0.440 e. The van der Waals surface area contributed by atoms with E-state index in [1.54, 1.807) is 6.92 Å². The fraction of sp³-hybridized carbons (Fsp3) is 0.600. The van der Waals surface area contributed by atoms with Gasteiger partial charge < -0.3 is 4.74 Å². The standard InChI is InChI=1S/C5H8F2O/c1-3-4(2)8-5(6)7/h3,5H,1-2H3/b4-3+. The summed E-state index contributed by atoms with van der Waals surface area (Å²) in [6.45, 7) is 0.426. The number of hydrogen-bond donors (Lipinski definition) is 0. The van der Waals surface area contributed by atoms with Gasteiger partial charge in [-0.25, -0.2) is 0 Å². The van der Waals surface area contributed by atoms with Crippen molar-refractivity contribution in [3.05, 3.63) is 11.8 Å². The summed E-state index contributed by atoms with van der Waals surface area (Å²) in [5.41, 5.74) is 0. The number of rotatable bonds is 2. The second-order valence-corrected chi connectivity index (χ2v) is 1.28. The van der Waals surface area contributed by atoms with E-state index in [-0.39, 0.29) is 5.76 Å². The van der Waals surface area contributed by atoms with Gasteiger partial charge in [0, 0.05) is 0 Å². The summed E-state index contributed by atoms with van der Waals surface area (Å²) in [5.74, 6) is 0.250. The van der Waals surface area contributed by atoms with Crippen molar-refractivity contribution in [2.24, 2.45) is 0 Å². The molecule has 0 aromatic heterocycles. The largest absolute Gasteiger partial charge is 0.440 e. The Morgan fingerprint density at radius 3 is 2.25 bits per heavy atom. The third-order valence-corrected chi connectivity index (χ3v) is 0.682. The van der Waals surface area contributed by atoms with Crippen LogP contribution in [0.4, 0.5) is 8.78 Å². The van der Waals surface area contributed by atoms with Crippen LogP contribution in [0.1, 0.15) is 13.8 Å². The van der Waals surface area contributed by atoms with Crippen LogP contribution in [-0.4, -0.2) is 6.61 Å². The Bertz CT molecular complexity index is 88.4. The molecule has 8 heavy (non-hydrogen) atoms. The molecule has 0 unspecified atom stereocenters. The quantitative estimate of drug-likeness (QED) is 0.510. The molecule has 0 bridgehead atoms. The fourth-order valence-corrected chi connectivity index (χ4v) is 0.209. The summed E-state index contributed by atoms with van der Waals surface area (Å²) in [7, 11) is 0. The first kappa shape index (κ1) is 7.40. The van der Waals surface area contributed by atoms with Crippen LogP contribution in [-0.2, 0) is 4.74 Å². The van der Waals surface area contributed by atoms with Crippen LogP contribution >= 0.6 is 0 Å². The van der Waals surface area contributed by atoms with Gasteiger partial charge in [0.15, 0.2) is 0 Å². The monoisotopic (exact) mass is 122 g/mol. The Hall–Kier alpha value is -0.600. The van der Waals surface area contributed by atoms with E-state index in [0.29, 0.717) is 0 Å². The average Bonchev–Trinajstić information content (AvgIpc) is 1.65. The number of ether oxygens (including phenoxy) is 1. The maximum atomic E-state index is 11.2.